The molecule has 0 saturated carbocycles. The Balaban J connectivity index is 2.27. The maximum Gasteiger partial charge on any atom is 0.246 e. The zero-order valence-electron chi connectivity index (χ0n) is 12.7. The number of halogens is 2. The van der Waals surface area contributed by atoms with Crippen LogP contribution in [0.15, 0.2) is 45.9 Å². The highest BCUT2D eigenvalue weighted by Gasteiger charge is 2.26. The van der Waals surface area contributed by atoms with Crippen molar-refractivity contribution in [1.82, 2.24) is 9.29 Å². The van der Waals surface area contributed by atoms with E-state index >= 15 is 0 Å². The summed E-state index contributed by atoms with van der Waals surface area (Å²) in [5, 5.41) is 0.314. The normalized spacial score (nSPS) is 11.7. The first-order valence-electron chi connectivity index (χ1n) is 6.75. The molecular formula is C15H16BrClN2O3S. The molecule has 1 heterocycles. The Bertz CT molecular complexity index is 785. The molecule has 2 aromatic rings. The van der Waals surface area contributed by atoms with Crippen molar-refractivity contribution >= 4 is 37.6 Å². The SMILES string of the molecule is COc1c(Br)cc(Cl)cc1S(=O)(=O)N(C)CCc1ccccn1. The lowest BCUT2D eigenvalue weighted by atomic mass is 10.3. The first-order valence-corrected chi connectivity index (χ1v) is 9.36. The van der Waals surface area contributed by atoms with Crippen LogP contribution in [0.4, 0.5) is 0 Å². The second-order valence-electron chi connectivity index (χ2n) is 4.82. The standard InChI is InChI=1S/C15H16BrClN2O3S/c1-19(8-6-12-5-3-4-7-18-12)23(20,21)14-10-11(17)9-13(16)15(14)22-2/h3-5,7,9-10H,6,8H2,1-2H3. The summed E-state index contributed by atoms with van der Waals surface area (Å²) in [4.78, 5) is 4.22. The van der Waals surface area contributed by atoms with E-state index in [1.807, 2.05) is 18.2 Å². The Hall–Kier alpha value is -1.15. The maximum atomic E-state index is 12.8. The molecule has 0 aliphatic rings. The summed E-state index contributed by atoms with van der Waals surface area (Å²) in [7, 11) is -0.793. The molecule has 5 nitrogen and oxygen atoms in total. The number of aromatic nitrogens is 1. The molecule has 0 spiro atoms. The van der Waals surface area contributed by atoms with Crippen molar-refractivity contribution in [2.45, 2.75) is 11.3 Å². The Morgan fingerprint density at radius 2 is 2.09 bits per heavy atom. The van der Waals surface area contributed by atoms with Gasteiger partial charge in [0.2, 0.25) is 10.0 Å². The summed E-state index contributed by atoms with van der Waals surface area (Å²) in [6.45, 7) is 0.298. The van der Waals surface area contributed by atoms with Crippen LogP contribution >= 0.6 is 27.5 Å². The fourth-order valence-electron chi connectivity index (χ4n) is 2.03. The molecule has 0 radical (unpaired) electrons. The molecular weight excluding hydrogens is 404 g/mol. The van der Waals surface area contributed by atoms with Crippen molar-refractivity contribution in [2.75, 3.05) is 20.7 Å². The van der Waals surface area contributed by atoms with Gasteiger partial charge in [-0.1, -0.05) is 17.7 Å². The van der Waals surface area contributed by atoms with E-state index in [-0.39, 0.29) is 10.6 Å². The van der Waals surface area contributed by atoms with Crippen molar-refractivity contribution < 1.29 is 13.2 Å². The van der Waals surface area contributed by atoms with E-state index in [0.29, 0.717) is 22.5 Å². The molecule has 1 aromatic carbocycles. The molecule has 0 aliphatic carbocycles. The second-order valence-corrected chi connectivity index (χ2v) is 8.12. The van der Waals surface area contributed by atoms with Gasteiger partial charge in [-0.15, -0.1) is 0 Å². The zero-order valence-corrected chi connectivity index (χ0v) is 15.8. The fourth-order valence-corrected chi connectivity index (χ4v) is 4.57. The van der Waals surface area contributed by atoms with Crippen LogP contribution in [0.2, 0.25) is 5.02 Å². The van der Waals surface area contributed by atoms with Crippen LogP contribution in [-0.2, 0) is 16.4 Å². The van der Waals surface area contributed by atoms with Gasteiger partial charge in [-0.25, -0.2) is 12.7 Å². The van der Waals surface area contributed by atoms with E-state index in [1.165, 1.54) is 24.5 Å². The van der Waals surface area contributed by atoms with Crippen molar-refractivity contribution in [3.05, 3.63) is 51.7 Å². The lowest BCUT2D eigenvalue weighted by molar-refractivity contribution is 0.395. The predicted octanol–water partition coefficient (Wildman–Crippen LogP) is 3.37. The maximum absolute atomic E-state index is 12.8. The fraction of sp³-hybridized carbons (Fsp3) is 0.267. The minimum Gasteiger partial charge on any atom is -0.494 e. The van der Waals surface area contributed by atoms with E-state index in [0.717, 1.165) is 5.69 Å². The van der Waals surface area contributed by atoms with Crippen LogP contribution in [0.25, 0.3) is 0 Å². The topological polar surface area (TPSA) is 59.5 Å². The van der Waals surface area contributed by atoms with Crippen LogP contribution in [0, 0.1) is 0 Å². The van der Waals surface area contributed by atoms with Gasteiger partial charge < -0.3 is 4.74 Å². The van der Waals surface area contributed by atoms with E-state index < -0.39 is 10.0 Å². The van der Waals surface area contributed by atoms with E-state index in [4.69, 9.17) is 16.3 Å². The van der Waals surface area contributed by atoms with Crippen molar-refractivity contribution in [3.8, 4) is 5.75 Å². The number of nitrogens with zero attached hydrogens (tertiary/aromatic N) is 2. The van der Waals surface area contributed by atoms with Crippen LogP contribution in [0.5, 0.6) is 5.75 Å². The van der Waals surface area contributed by atoms with Gasteiger partial charge in [0.05, 0.1) is 11.6 Å². The number of rotatable bonds is 6. The summed E-state index contributed by atoms with van der Waals surface area (Å²) in [6.07, 6.45) is 2.20. The van der Waals surface area contributed by atoms with Crippen molar-refractivity contribution in [2.24, 2.45) is 0 Å². The third-order valence-electron chi connectivity index (χ3n) is 3.28. The highest BCUT2D eigenvalue weighted by Crippen LogP contribution is 2.36. The monoisotopic (exact) mass is 418 g/mol. The summed E-state index contributed by atoms with van der Waals surface area (Å²) in [5.41, 5.74) is 0.828. The van der Waals surface area contributed by atoms with Crippen LogP contribution in [0.1, 0.15) is 5.69 Å². The Morgan fingerprint density at radius 1 is 1.35 bits per heavy atom. The van der Waals surface area contributed by atoms with Crippen LogP contribution in [-0.4, -0.2) is 38.4 Å². The highest BCUT2D eigenvalue weighted by atomic mass is 79.9. The minimum atomic E-state index is -3.73. The molecule has 0 saturated heterocycles. The molecule has 0 atom stereocenters. The van der Waals surface area contributed by atoms with Gasteiger partial charge in [-0.3, -0.25) is 4.98 Å². The summed E-state index contributed by atoms with van der Waals surface area (Å²) >= 11 is 9.26. The Labute approximate surface area is 149 Å². The molecule has 1 aromatic heterocycles. The lowest BCUT2D eigenvalue weighted by Gasteiger charge is -2.19. The van der Waals surface area contributed by atoms with Gasteiger partial charge in [0.1, 0.15) is 4.90 Å². The number of pyridine rings is 1. The minimum absolute atomic E-state index is 0.0305. The quantitative estimate of drug-likeness (QED) is 0.720. The van der Waals surface area contributed by atoms with Crippen LogP contribution < -0.4 is 4.74 Å². The van der Waals surface area contributed by atoms with Gasteiger partial charge in [-0.05, 0) is 40.2 Å². The van der Waals surface area contributed by atoms with E-state index in [1.54, 1.807) is 12.3 Å². The Morgan fingerprint density at radius 3 is 2.70 bits per heavy atom. The summed E-state index contributed by atoms with van der Waals surface area (Å²) < 4.78 is 32.5. The molecule has 0 amide bonds. The first-order chi connectivity index (χ1) is 10.9. The molecule has 2 rings (SSSR count). The largest absolute Gasteiger partial charge is 0.494 e. The lowest BCUT2D eigenvalue weighted by Crippen LogP contribution is -2.29. The molecule has 8 heteroatoms. The van der Waals surface area contributed by atoms with Gasteiger partial charge in [0.25, 0.3) is 0 Å². The van der Waals surface area contributed by atoms with Gasteiger partial charge in [0, 0.05) is 36.9 Å². The Kier molecular flexibility index (Phi) is 6.02. The molecule has 124 valence electrons. The molecule has 0 fully saturated rings. The predicted molar refractivity (Wildman–Crippen MR) is 93.5 cm³/mol. The zero-order chi connectivity index (χ0) is 17.0. The average Bonchev–Trinajstić information content (AvgIpc) is 2.52. The molecule has 0 bridgehead atoms. The summed E-state index contributed by atoms with van der Waals surface area (Å²) in [5.74, 6) is 0.235. The van der Waals surface area contributed by atoms with Crippen LogP contribution in [0.3, 0.4) is 0 Å². The number of hydrogen-bond acceptors (Lipinski definition) is 4. The average molecular weight is 420 g/mol. The van der Waals surface area contributed by atoms with Gasteiger partial charge >= 0.3 is 0 Å². The number of sulfonamides is 1. The van der Waals surface area contributed by atoms with E-state index in [2.05, 4.69) is 20.9 Å². The van der Waals surface area contributed by atoms with Crippen molar-refractivity contribution in [1.29, 1.82) is 0 Å². The summed E-state index contributed by atoms with van der Waals surface area (Å²) in [6, 6.07) is 8.52. The first kappa shape index (κ1) is 18.2. The number of ether oxygens (including phenoxy) is 1. The van der Waals surface area contributed by atoms with Crippen molar-refractivity contribution in [3.63, 3.8) is 0 Å². The molecule has 0 N–H and O–H groups in total. The molecule has 0 aliphatic heterocycles. The smallest absolute Gasteiger partial charge is 0.246 e. The number of likely N-dealkylation sites (N-methyl/N-ethyl adjacent to an activating group) is 1. The second kappa shape index (κ2) is 7.61. The number of hydrogen-bond donors (Lipinski definition) is 0. The highest BCUT2D eigenvalue weighted by molar-refractivity contribution is 9.10. The third kappa shape index (κ3) is 4.23. The molecule has 0 unspecified atom stereocenters. The third-order valence-corrected chi connectivity index (χ3v) is 5.95. The number of methoxy groups -OCH3 is 1. The number of benzene rings is 1. The van der Waals surface area contributed by atoms with Gasteiger partial charge in [0.15, 0.2) is 5.75 Å². The van der Waals surface area contributed by atoms with E-state index in [9.17, 15) is 8.42 Å². The van der Waals surface area contributed by atoms with Gasteiger partial charge in [-0.2, -0.15) is 0 Å². The molecule has 23 heavy (non-hydrogen) atoms.